The van der Waals surface area contributed by atoms with E-state index in [4.69, 9.17) is 4.74 Å². The number of piperidine rings is 1. The smallest absolute Gasteiger partial charge is 0.0471 e. The number of nitrogens with zero attached hydrogens (tertiary/aromatic N) is 1. The molecule has 2 aliphatic rings. The van der Waals surface area contributed by atoms with E-state index in [9.17, 15) is 0 Å². The number of hydrogen-bond acceptors (Lipinski definition) is 3. The van der Waals surface area contributed by atoms with Crippen LogP contribution in [0, 0.1) is 5.41 Å². The van der Waals surface area contributed by atoms with E-state index >= 15 is 0 Å². The van der Waals surface area contributed by atoms with Gasteiger partial charge in [0.2, 0.25) is 0 Å². The molecule has 2 rings (SSSR count). The summed E-state index contributed by atoms with van der Waals surface area (Å²) in [6.07, 6.45) is 6.45. The average Bonchev–Trinajstić information content (AvgIpc) is 2.41. The summed E-state index contributed by atoms with van der Waals surface area (Å²) in [5.41, 5.74) is 0.546. The van der Waals surface area contributed by atoms with Gasteiger partial charge in [-0.2, -0.15) is 0 Å². The van der Waals surface area contributed by atoms with Crippen LogP contribution in [0.2, 0.25) is 0 Å². The summed E-state index contributed by atoms with van der Waals surface area (Å²) in [7, 11) is 2.09. The van der Waals surface area contributed by atoms with Gasteiger partial charge in [-0.15, -0.1) is 12.4 Å². The number of nitrogens with one attached hydrogen (secondary N) is 1. The molecule has 4 heteroatoms. The molecule has 3 nitrogen and oxygen atoms in total. The SMILES string of the molecule is CCC1(CN2CCC(NC)CC2)CCOCC1.Cl. The highest BCUT2D eigenvalue weighted by atomic mass is 35.5. The predicted molar refractivity (Wildman–Crippen MR) is 78.5 cm³/mol. The van der Waals surface area contributed by atoms with Crippen molar-refractivity contribution in [2.45, 2.75) is 45.1 Å². The van der Waals surface area contributed by atoms with Crippen LogP contribution in [0.1, 0.15) is 39.0 Å². The molecule has 0 amide bonds. The molecular weight excluding hydrogens is 248 g/mol. The predicted octanol–water partition coefficient (Wildman–Crippen LogP) is 2.30. The zero-order valence-electron chi connectivity index (χ0n) is 11.9. The van der Waals surface area contributed by atoms with Crippen LogP contribution in [0.5, 0.6) is 0 Å². The van der Waals surface area contributed by atoms with Crippen LogP contribution in [0.3, 0.4) is 0 Å². The Morgan fingerprint density at radius 3 is 2.33 bits per heavy atom. The molecule has 1 N–H and O–H groups in total. The molecular formula is C14H29ClN2O. The normalized spacial score (nSPS) is 25.7. The monoisotopic (exact) mass is 276 g/mol. The third kappa shape index (κ3) is 4.09. The van der Waals surface area contributed by atoms with Gasteiger partial charge in [0, 0.05) is 25.8 Å². The Bertz CT molecular complexity index is 224. The van der Waals surface area contributed by atoms with Gasteiger partial charge >= 0.3 is 0 Å². The molecule has 0 unspecified atom stereocenters. The van der Waals surface area contributed by atoms with Gasteiger partial charge in [0.1, 0.15) is 0 Å². The average molecular weight is 277 g/mol. The van der Waals surface area contributed by atoms with E-state index < -0.39 is 0 Å². The van der Waals surface area contributed by atoms with Crippen molar-refractivity contribution in [2.24, 2.45) is 5.41 Å². The van der Waals surface area contributed by atoms with Crippen LogP contribution in [0.15, 0.2) is 0 Å². The lowest BCUT2D eigenvalue weighted by Crippen LogP contribution is -2.47. The number of hydrogen-bond donors (Lipinski definition) is 1. The van der Waals surface area contributed by atoms with Crippen LogP contribution in [0.25, 0.3) is 0 Å². The van der Waals surface area contributed by atoms with Gasteiger partial charge in [-0.05, 0) is 57.7 Å². The molecule has 2 aliphatic heterocycles. The van der Waals surface area contributed by atoms with Crippen LogP contribution >= 0.6 is 12.4 Å². The van der Waals surface area contributed by atoms with E-state index in [0.717, 1.165) is 19.3 Å². The maximum Gasteiger partial charge on any atom is 0.0471 e. The second kappa shape index (κ2) is 7.68. The minimum absolute atomic E-state index is 0. The Hall–Kier alpha value is 0.170. The maximum atomic E-state index is 5.52. The van der Waals surface area contributed by atoms with Crippen molar-refractivity contribution in [3.05, 3.63) is 0 Å². The molecule has 0 aromatic carbocycles. The number of ether oxygens (including phenoxy) is 1. The molecule has 18 heavy (non-hydrogen) atoms. The first kappa shape index (κ1) is 16.2. The summed E-state index contributed by atoms with van der Waals surface area (Å²) in [5, 5.41) is 3.40. The molecule has 0 aliphatic carbocycles. The molecule has 0 spiro atoms. The molecule has 0 atom stereocenters. The van der Waals surface area contributed by atoms with E-state index in [1.165, 1.54) is 51.7 Å². The first-order valence-corrected chi connectivity index (χ1v) is 7.25. The number of likely N-dealkylation sites (tertiary alicyclic amines) is 1. The summed E-state index contributed by atoms with van der Waals surface area (Å²) >= 11 is 0. The first-order chi connectivity index (χ1) is 8.28. The Labute approximate surface area is 118 Å². The fourth-order valence-corrected chi connectivity index (χ4v) is 3.28. The lowest BCUT2D eigenvalue weighted by atomic mass is 9.77. The highest BCUT2D eigenvalue weighted by Crippen LogP contribution is 2.35. The summed E-state index contributed by atoms with van der Waals surface area (Å²) in [5.74, 6) is 0. The Kier molecular flexibility index (Phi) is 6.93. The molecule has 0 saturated carbocycles. The molecule has 0 radical (unpaired) electrons. The van der Waals surface area contributed by atoms with Crippen molar-refractivity contribution in [1.29, 1.82) is 0 Å². The molecule has 2 saturated heterocycles. The number of rotatable bonds is 4. The van der Waals surface area contributed by atoms with Gasteiger partial charge < -0.3 is 15.0 Å². The van der Waals surface area contributed by atoms with Crippen molar-refractivity contribution >= 4 is 12.4 Å². The maximum absolute atomic E-state index is 5.52. The van der Waals surface area contributed by atoms with Crippen molar-refractivity contribution in [3.8, 4) is 0 Å². The van der Waals surface area contributed by atoms with E-state index in [1.54, 1.807) is 0 Å². The zero-order valence-corrected chi connectivity index (χ0v) is 12.7. The standard InChI is InChI=1S/C14H28N2O.ClH/c1-3-14(6-10-17-11-7-14)12-16-8-4-13(15-2)5-9-16;/h13,15H,3-12H2,1-2H3;1H. The Balaban J connectivity index is 0.00000162. The van der Waals surface area contributed by atoms with Gasteiger partial charge in [0.15, 0.2) is 0 Å². The highest BCUT2D eigenvalue weighted by molar-refractivity contribution is 5.85. The topological polar surface area (TPSA) is 24.5 Å². The fraction of sp³-hybridized carbons (Fsp3) is 1.00. The van der Waals surface area contributed by atoms with Crippen molar-refractivity contribution in [2.75, 3.05) is 39.9 Å². The van der Waals surface area contributed by atoms with Crippen LogP contribution in [0.4, 0.5) is 0 Å². The molecule has 0 aromatic rings. The molecule has 2 fully saturated rings. The van der Waals surface area contributed by atoms with Crippen molar-refractivity contribution in [1.82, 2.24) is 10.2 Å². The van der Waals surface area contributed by atoms with Gasteiger partial charge in [-0.1, -0.05) is 6.92 Å². The Morgan fingerprint density at radius 2 is 1.83 bits per heavy atom. The van der Waals surface area contributed by atoms with Crippen LogP contribution < -0.4 is 5.32 Å². The van der Waals surface area contributed by atoms with E-state index in [2.05, 4.69) is 24.2 Å². The number of halogens is 1. The van der Waals surface area contributed by atoms with Crippen LogP contribution in [-0.2, 0) is 4.74 Å². The zero-order chi connectivity index (χ0) is 12.1. The fourth-order valence-electron chi connectivity index (χ4n) is 3.28. The lowest BCUT2D eigenvalue weighted by molar-refractivity contribution is -0.0109. The van der Waals surface area contributed by atoms with E-state index in [1.807, 2.05) is 0 Å². The van der Waals surface area contributed by atoms with Gasteiger partial charge in [0.25, 0.3) is 0 Å². The quantitative estimate of drug-likeness (QED) is 0.853. The molecule has 0 aromatic heterocycles. The summed E-state index contributed by atoms with van der Waals surface area (Å²) < 4.78 is 5.52. The first-order valence-electron chi connectivity index (χ1n) is 7.25. The van der Waals surface area contributed by atoms with Crippen molar-refractivity contribution in [3.63, 3.8) is 0 Å². The summed E-state index contributed by atoms with van der Waals surface area (Å²) in [6, 6.07) is 0.749. The van der Waals surface area contributed by atoms with Crippen LogP contribution in [-0.4, -0.2) is 50.8 Å². The summed E-state index contributed by atoms with van der Waals surface area (Å²) in [6.45, 7) is 8.14. The summed E-state index contributed by atoms with van der Waals surface area (Å²) in [4.78, 5) is 2.68. The van der Waals surface area contributed by atoms with E-state index in [-0.39, 0.29) is 12.4 Å². The van der Waals surface area contributed by atoms with E-state index in [0.29, 0.717) is 5.41 Å². The molecule has 108 valence electrons. The minimum atomic E-state index is 0. The third-order valence-corrected chi connectivity index (χ3v) is 4.86. The van der Waals surface area contributed by atoms with Gasteiger partial charge in [0.05, 0.1) is 0 Å². The largest absolute Gasteiger partial charge is 0.381 e. The van der Waals surface area contributed by atoms with Gasteiger partial charge in [-0.3, -0.25) is 0 Å². The second-order valence-electron chi connectivity index (χ2n) is 5.81. The second-order valence-corrected chi connectivity index (χ2v) is 5.81. The molecule has 2 heterocycles. The minimum Gasteiger partial charge on any atom is -0.381 e. The molecule has 0 bridgehead atoms. The third-order valence-electron chi connectivity index (χ3n) is 4.86. The van der Waals surface area contributed by atoms with Crippen molar-refractivity contribution < 1.29 is 4.74 Å². The lowest BCUT2D eigenvalue weighted by Gasteiger charge is -2.42. The highest BCUT2D eigenvalue weighted by Gasteiger charge is 2.33. The van der Waals surface area contributed by atoms with Gasteiger partial charge in [-0.25, -0.2) is 0 Å². The Morgan fingerprint density at radius 1 is 1.22 bits per heavy atom.